The topological polar surface area (TPSA) is 108 Å². The number of rotatable bonds is 5. The number of likely N-dealkylation sites (tertiary alicyclic amines) is 1. The van der Waals surface area contributed by atoms with Gasteiger partial charge in [0.15, 0.2) is 0 Å². The fourth-order valence-corrected chi connectivity index (χ4v) is 5.36. The molecule has 1 aliphatic carbocycles. The number of hydrogen-bond acceptors (Lipinski definition) is 7. The highest BCUT2D eigenvalue weighted by Gasteiger charge is 2.46. The lowest BCUT2D eigenvalue weighted by Crippen LogP contribution is -2.30. The number of carbonyl (C=O) groups is 1. The molecule has 0 bridgehead atoms. The number of carbonyl (C=O) groups excluding carboxylic acids is 1. The van der Waals surface area contributed by atoms with Crippen LogP contribution >= 0.6 is 11.8 Å². The number of benzene rings is 1. The summed E-state index contributed by atoms with van der Waals surface area (Å²) in [5.41, 5.74) is 10.4. The Morgan fingerprint density at radius 2 is 2.00 bits per heavy atom. The van der Waals surface area contributed by atoms with Crippen molar-refractivity contribution in [3.63, 3.8) is 0 Å². The van der Waals surface area contributed by atoms with Gasteiger partial charge in [-0.05, 0) is 55.4 Å². The zero-order valence-corrected chi connectivity index (χ0v) is 18.5. The van der Waals surface area contributed by atoms with Gasteiger partial charge in [-0.15, -0.1) is 0 Å². The summed E-state index contributed by atoms with van der Waals surface area (Å²) < 4.78 is 0. The van der Waals surface area contributed by atoms with Gasteiger partial charge in [0.05, 0.1) is 10.6 Å². The first-order valence-corrected chi connectivity index (χ1v) is 11.4. The van der Waals surface area contributed by atoms with Crippen molar-refractivity contribution in [2.45, 2.75) is 37.8 Å². The molecule has 3 heterocycles. The molecule has 2 aromatic rings. The van der Waals surface area contributed by atoms with E-state index in [-0.39, 0.29) is 11.9 Å². The molecule has 31 heavy (non-hydrogen) atoms. The van der Waals surface area contributed by atoms with Crippen LogP contribution in [-0.2, 0) is 6.54 Å². The van der Waals surface area contributed by atoms with Crippen LogP contribution in [0.4, 0.5) is 5.82 Å². The van der Waals surface area contributed by atoms with E-state index in [0.717, 1.165) is 57.8 Å². The van der Waals surface area contributed by atoms with Crippen LogP contribution in [-0.4, -0.2) is 45.0 Å². The smallest absolute Gasteiger partial charge is 0.253 e. The number of nitrogens with two attached hydrogens (primary N) is 1. The second kappa shape index (κ2) is 7.76. The molecule has 1 aromatic carbocycles. The number of nitrogens with one attached hydrogen (secondary N) is 2. The van der Waals surface area contributed by atoms with Crippen LogP contribution in [0.15, 0.2) is 41.1 Å². The van der Waals surface area contributed by atoms with Crippen molar-refractivity contribution in [3.05, 3.63) is 53.0 Å². The number of amides is 1. The Labute approximate surface area is 186 Å². The van der Waals surface area contributed by atoms with Crippen LogP contribution in [0.5, 0.6) is 0 Å². The van der Waals surface area contributed by atoms with E-state index in [0.29, 0.717) is 17.4 Å². The van der Waals surface area contributed by atoms with Gasteiger partial charge in [-0.2, -0.15) is 0 Å². The first kappa shape index (κ1) is 20.2. The Morgan fingerprint density at radius 1 is 1.29 bits per heavy atom. The maximum Gasteiger partial charge on any atom is 0.253 e. The van der Waals surface area contributed by atoms with E-state index in [9.17, 15) is 4.79 Å². The number of piperidine rings is 1. The number of aromatic nitrogens is 2. The Hall–Kier alpha value is -2.71. The van der Waals surface area contributed by atoms with Gasteiger partial charge in [0, 0.05) is 36.8 Å². The summed E-state index contributed by atoms with van der Waals surface area (Å²) in [4.78, 5) is 24.3. The molecular weight excluding hydrogens is 408 g/mol. The molecule has 3 atom stereocenters. The minimum Gasteiger partial charge on any atom is -0.365 e. The quantitative estimate of drug-likeness (QED) is 0.666. The van der Waals surface area contributed by atoms with E-state index in [1.54, 1.807) is 0 Å². The lowest BCUT2D eigenvalue weighted by molar-refractivity contribution is 0.0775. The highest BCUT2D eigenvalue weighted by molar-refractivity contribution is 8.15. The van der Waals surface area contributed by atoms with Crippen LogP contribution in [0.1, 0.15) is 41.9 Å². The second-order valence-corrected chi connectivity index (χ2v) is 9.71. The minimum absolute atomic E-state index is 0.138. The van der Waals surface area contributed by atoms with Gasteiger partial charge < -0.3 is 16.0 Å². The first-order valence-electron chi connectivity index (χ1n) is 10.6. The molecule has 1 amide bonds. The monoisotopic (exact) mass is 434 g/mol. The Kier molecular flexibility index (Phi) is 5.06. The zero-order chi connectivity index (χ0) is 21.7. The van der Waals surface area contributed by atoms with Gasteiger partial charge in [0.25, 0.3) is 5.91 Å². The molecule has 160 valence electrons. The van der Waals surface area contributed by atoms with E-state index in [1.807, 2.05) is 43.0 Å². The molecule has 0 spiro atoms. The third-order valence-corrected chi connectivity index (χ3v) is 7.48. The summed E-state index contributed by atoms with van der Waals surface area (Å²) in [6.45, 7) is 6.27. The molecule has 3 unspecified atom stereocenters. The Morgan fingerprint density at radius 3 is 2.68 bits per heavy atom. The van der Waals surface area contributed by atoms with Gasteiger partial charge in [-0.25, -0.2) is 9.97 Å². The van der Waals surface area contributed by atoms with Gasteiger partial charge >= 0.3 is 0 Å². The molecule has 5 rings (SSSR count). The van der Waals surface area contributed by atoms with Crippen LogP contribution in [0.3, 0.4) is 0 Å². The van der Waals surface area contributed by atoms with Crippen molar-refractivity contribution in [3.8, 4) is 0 Å². The number of fused-ring (bicyclic) bond motifs is 2. The summed E-state index contributed by atoms with van der Waals surface area (Å²) in [7, 11) is 0. The fourth-order valence-electron chi connectivity index (χ4n) is 4.33. The maximum absolute atomic E-state index is 12.7. The lowest BCUT2D eigenvalue weighted by atomic mass is 10.0. The maximum atomic E-state index is 12.7. The largest absolute Gasteiger partial charge is 0.365 e. The number of anilines is 1. The molecule has 3 aliphatic rings. The molecule has 2 fully saturated rings. The van der Waals surface area contributed by atoms with Crippen molar-refractivity contribution in [2.75, 3.05) is 18.4 Å². The number of hydrogen-bond donors (Lipinski definition) is 3. The highest BCUT2D eigenvalue weighted by Crippen LogP contribution is 2.45. The Balaban J connectivity index is 1.28. The van der Waals surface area contributed by atoms with Crippen molar-refractivity contribution in [1.82, 2.24) is 14.9 Å². The zero-order valence-electron chi connectivity index (χ0n) is 17.7. The third kappa shape index (κ3) is 3.74. The summed E-state index contributed by atoms with van der Waals surface area (Å²) >= 11 is 1.36. The fraction of sp³-hybridized carbons (Fsp3) is 0.391. The van der Waals surface area contributed by atoms with Crippen LogP contribution in [0, 0.1) is 17.2 Å². The molecule has 0 radical (unpaired) electrons. The molecule has 2 aliphatic heterocycles. The van der Waals surface area contributed by atoms with Crippen molar-refractivity contribution in [1.29, 1.82) is 5.41 Å². The van der Waals surface area contributed by atoms with E-state index >= 15 is 0 Å². The van der Waals surface area contributed by atoms with Crippen molar-refractivity contribution >= 4 is 34.1 Å². The normalized spacial score (nSPS) is 24.0. The molecule has 1 saturated carbocycles. The van der Waals surface area contributed by atoms with Gasteiger partial charge in [-0.1, -0.05) is 23.9 Å². The number of thioether (sulfide) groups is 1. The predicted molar refractivity (Wildman–Crippen MR) is 123 cm³/mol. The van der Waals surface area contributed by atoms with Crippen LogP contribution in [0.25, 0.3) is 5.57 Å². The molecule has 7 nitrogen and oxygen atoms in total. The highest BCUT2D eigenvalue weighted by atomic mass is 32.2. The van der Waals surface area contributed by atoms with Crippen molar-refractivity contribution < 1.29 is 4.79 Å². The molecule has 1 saturated heterocycles. The van der Waals surface area contributed by atoms with E-state index < -0.39 is 0 Å². The predicted octanol–water partition coefficient (Wildman–Crippen LogP) is 3.38. The van der Waals surface area contributed by atoms with E-state index in [1.165, 1.54) is 24.5 Å². The van der Waals surface area contributed by atoms with Gasteiger partial charge in [0.2, 0.25) is 0 Å². The Bertz CT molecular complexity index is 1080. The minimum atomic E-state index is -0.138. The summed E-state index contributed by atoms with van der Waals surface area (Å²) in [5, 5.41) is 12.2. The lowest BCUT2D eigenvalue weighted by Gasteiger charge is -2.18. The standard InChI is InChI=1S/C23H26N6OS/c1-12(13(2)24)18-19-20(31-21(18)25)22(28-11-27-19)26-8-14-3-5-15(6-4-14)23(30)29-9-16-7-17(16)10-29/h3-6,11,13,16-17,25H,7-10,24H2,1-2H3,(H,26,27,28)/b18-12-,25-21?. The molecular formula is C23H26N6OS. The van der Waals surface area contributed by atoms with E-state index in [2.05, 4.69) is 15.3 Å². The molecule has 4 N–H and O–H groups in total. The van der Waals surface area contributed by atoms with E-state index in [4.69, 9.17) is 11.1 Å². The summed E-state index contributed by atoms with van der Waals surface area (Å²) in [6.07, 6.45) is 2.82. The second-order valence-electron chi connectivity index (χ2n) is 8.69. The van der Waals surface area contributed by atoms with Gasteiger partial charge in [-0.3, -0.25) is 10.2 Å². The molecule has 8 heteroatoms. The molecule has 1 aromatic heterocycles. The van der Waals surface area contributed by atoms with Crippen LogP contribution < -0.4 is 11.1 Å². The SMILES string of the molecule is C/C(=C1/C(=N)Sc2c(NCc3ccc(C(=O)N4CC5CC5C4)cc3)ncnc21)C(C)N. The van der Waals surface area contributed by atoms with Gasteiger partial charge in [0.1, 0.15) is 17.2 Å². The average molecular weight is 435 g/mol. The number of nitrogens with zero attached hydrogens (tertiary/aromatic N) is 3. The van der Waals surface area contributed by atoms with Crippen molar-refractivity contribution in [2.24, 2.45) is 17.6 Å². The summed E-state index contributed by atoms with van der Waals surface area (Å²) in [5.74, 6) is 2.34. The third-order valence-electron chi connectivity index (χ3n) is 6.48. The first-order chi connectivity index (χ1) is 14.9. The van der Waals surface area contributed by atoms with Crippen LogP contribution in [0.2, 0.25) is 0 Å². The summed E-state index contributed by atoms with van der Waals surface area (Å²) in [6, 6.07) is 7.65. The average Bonchev–Trinajstić information content (AvgIpc) is 3.22.